The fourth-order valence-corrected chi connectivity index (χ4v) is 2.19. The molecule has 0 aromatic carbocycles. The van der Waals surface area contributed by atoms with Crippen molar-refractivity contribution in [2.45, 2.75) is 24.9 Å². The van der Waals surface area contributed by atoms with Gasteiger partial charge in [0.05, 0.1) is 12.2 Å². The van der Waals surface area contributed by atoms with Crippen LogP contribution in [0, 0.1) is 5.92 Å². The zero-order chi connectivity index (χ0) is 8.44. The van der Waals surface area contributed by atoms with Crippen molar-refractivity contribution in [1.82, 2.24) is 0 Å². The van der Waals surface area contributed by atoms with Gasteiger partial charge in [0.15, 0.2) is 0 Å². The number of rotatable bonds is 1. The Morgan fingerprint density at radius 3 is 3.00 bits per heavy atom. The summed E-state index contributed by atoms with van der Waals surface area (Å²) in [6.45, 7) is 3.30. The Kier molecular flexibility index (Phi) is 2.35. The van der Waals surface area contributed by atoms with Crippen LogP contribution in [-0.2, 0) is 9.47 Å². The molecule has 2 fully saturated rings. The van der Waals surface area contributed by atoms with Gasteiger partial charge in [-0.3, -0.25) is 0 Å². The first-order valence-corrected chi connectivity index (χ1v) is 4.76. The highest BCUT2D eigenvalue weighted by molar-refractivity contribution is 4.90. The smallest absolute Gasteiger partial charge is 0.0939 e. The van der Waals surface area contributed by atoms with Gasteiger partial charge in [0.1, 0.15) is 0 Å². The third kappa shape index (κ3) is 1.49. The van der Waals surface area contributed by atoms with Crippen molar-refractivity contribution >= 4 is 0 Å². The summed E-state index contributed by atoms with van der Waals surface area (Å²) in [6, 6.07) is 0. The van der Waals surface area contributed by atoms with E-state index in [1.807, 2.05) is 0 Å². The second-order valence-corrected chi connectivity index (χ2v) is 3.93. The molecular formula is C9H17NO2. The van der Waals surface area contributed by atoms with Crippen molar-refractivity contribution in [2.75, 3.05) is 26.4 Å². The van der Waals surface area contributed by atoms with Gasteiger partial charge in [-0.05, 0) is 25.3 Å². The van der Waals surface area contributed by atoms with Gasteiger partial charge in [-0.25, -0.2) is 0 Å². The van der Waals surface area contributed by atoms with E-state index in [4.69, 9.17) is 15.2 Å². The molecule has 2 aliphatic rings. The van der Waals surface area contributed by atoms with Crippen LogP contribution >= 0.6 is 0 Å². The lowest BCUT2D eigenvalue weighted by Gasteiger charge is -2.36. The Hall–Kier alpha value is -0.120. The summed E-state index contributed by atoms with van der Waals surface area (Å²) in [4.78, 5) is 0. The molecule has 2 atom stereocenters. The Balaban J connectivity index is 1.97. The highest BCUT2D eigenvalue weighted by atomic mass is 16.6. The fraction of sp³-hybridized carbons (Fsp3) is 1.00. The molecular weight excluding hydrogens is 154 g/mol. The topological polar surface area (TPSA) is 44.5 Å². The Morgan fingerprint density at radius 2 is 2.33 bits per heavy atom. The highest BCUT2D eigenvalue weighted by Crippen LogP contribution is 2.35. The Morgan fingerprint density at radius 1 is 1.42 bits per heavy atom. The molecule has 2 saturated heterocycles. The van der Waals surface area contributed by atoms with Crippen molar-refractivity contribution in [3.63, 3.8) is 0 Å². The van der Waals surface area contributed by atoms with Gasteiger partial charge in [-0.1, -0.05) is 0 Å². The largest absolute Gasteiger partial charge is 0.378 e. The normalized spacial score (nSPS) is 42.2. The van der Waals surface area contributed by atoms with Crippen LogP contribution in [0.25, 0.3) is 0 Å². The minimum Gasteiger partial charge on any atom is -0.378 e. The third-order valence-electron chi connectivity index (χ3n) is 3.00. The number of hydrogen-bond donors (Lipinski definition) is 1. The van der Waals surface area contributed by atoms with E-state index >= 15 is 0 Å². The maximum Gasteiger partial charge on any atom is 0.0939 e. The second kappa shape index (κ2) is 3.32. The van der Waals surface area contributed by atoms with Gasteiger partial charge < -0.3 is 15.2 Å². The summed E-state index contributed by atoms with van der Waals surface area (Å²) < 4.78 is 11.1. The number of ether oxygens (including phenoxy) is 2. The Labute approximate surface area is 73.2 Å². The van der Waals surface area contributed by atoms with Crippen LogP contribution in [0.15, 0.2) is 0 Å². The molecule has 0 amide bonds. The van der Waals surface area contributed by atoms with E-state index in [-0.39, 0.29) is 5.60 Å². The maximum atomic E-state index is 5.78. The first kappa shape index (κ1) is 8.48. The number of nitrogens with two attached hydrogens (primary N) is 1. The quantitative estimate of drug-likeness (QED) is 0.626. The number of hydrogen-bond acceptors (Lipinski definition) is 3. The van der Waals surface area contributed by atoms with Crippen molar-refractivity contribution in [2.24, 2.45) is 11.7 Å². The van der Waals surface area contributed by atoms with Crippen molar-refractivity contribution in [3.8, 4) is 0 Å². The van der Waals surface area contributed by atoms with E-state index in [2.05, 4.69) is 0 Å². The molecule has 2 aliphatic heterocycles. The predicted octanol–water partition coefficient (Wildman–Crippen LogP) is 0.531. The lowest BCUT2D eigenvalue weighted by atomic mass is 9.85. The minimum absolute atomic E-state index is 0.0439. The summed E-state index contributed by atoms with van der Waals surface area (Å²) in [7, 11) is 0. The van der Waals surface area contributed by atoms with Gasteiger partial charge in [-0.2, -0.15) is 0 Å². The average Bonchev–Trinajstić information content (AvgIpc) is 2.53. The molecule has 0 bridgehead atoms. The van der Waals surface area contributed by atoms with E-state index in [0.29, 0.717) is 5.92 Å². The molecule has 2 heterocycles. The highest BCUT2D eigenvalue weighted by Gasteiger charge is 2.40. The van der Waals surface area contributed by atoms with Crippen LogP contribution in [0.4, 0.5) is 0 Å². The minimum atomic E-state index is 0.0439. The lowest BCUT2D eigenvalue weighted by molar-refractivity contribution is -0.0963. The van der Waals surface area contributed by atoms with Crippen LogP contribution in [0.1, 0.15) is 19.3 Å². The molecule has 2 rings (SSSR count). The summed E-state index contributed by atoms with van der Waals surface area (Å²) in [5, 5.41) is 0. The Bertz CT molecular complexity index is 155. The second-order valence-electron chi connectivity index (χ2n) is 3.93. The molecule has 0 unspecified atom stereocenters. The molecule has 70 valence electrons. The van der Waals surface area contributed by atoms with Crippen LogP contribution in [0.3, 0.4) is 0 Å². The maximum absolute atomic E-state index is 5.78. The van der Waals surface area contributed by atoms with E-state index < -0.39 is 0 Å². The predicted molar refractivity (Wildman–Crippen MR) is 45.9 cm³/mol. The molecule has 2 N–H and O–H groups in total. The molecule has 3 nitrogen and oxygen atoms in total. The summed E-state index contributed by atoms with van der Waals surface area (Å²) in [5.41, 5.74) is 5.70. The summed E-state index contributed by atoms with van der Waals surface area (Å²) in [6.07, 6.45) is 3.28. The van der Waals surface area contributed by atoms with Crippen LogP contribution in [-0.4, -0.2) is 32.0 Å². The summed E-state index contributed by atoms with van der Waals surface area (Å²) >= 11 is 0. The SMILES string of the molecule is NC[C@@H]1CCO[C@]2(CCOC2)C1. The van der Waals surface area contributed by atoms with Crippen LogP contribution in [0.2, 0.25) is 0 Å². The van der Waals surface area contributed by atoms with Gasteiger partial charge in [0, 0.05) is 19.6 Å². The average molecular weight is 171 g/mol. The molecule has 3 heteroatoms. The third-order valence-corrected chi connectivity index (χ3v) is 3.00. The van der Waals surface area contributed by atoms with Gasteiger partial charge in [0.2, 0.25) is 0 Å². The van der Waals surface area contributed by atoms with Crippen LogP contribution < -0.4 is 5.73 Å². The monoisotopic (exact) mass is 171 g/mol. The first-order valence-electron chi connectivity index (χ1n) is 4.76. The fourth-order valence-electron chi connectivity index (χ4n) is 2.19. The van der Waals surface area contributed by atoms with Gasteiger partial charge in [-0.15, -0.1) is 0 Å². The standard InChI is InChI=1S/C9H17NO2/c10-6-8-1-3-12-9(5-8)2-4-11-7-9/h8H,1-7,10H2/t8-,9-/m1/s1. The molecule has 0 aromatic heterocycles. The van der Waals surface area contributed by atoms with E-state index in [1.165, 1.54) is 0 Å². The summed E-state index contributed by atoms with van der Waals surface area (Å²) in [5.74, 6) is 0.653. The van der Waals surface area contributed by atoms with Gasteiger partial charge in [0.25, 0.3) is 0 Å². The van der Waals surface area contributed by atoms with E-state index in [9.17, 15) is 0 Å². The van der Waals surface area contributed by atoms with Gasteiger partial charge >= 0.3 is 0 Å². The lowest BCUT2D eigenvalue weighted by Crippen LogP contribution is -2.42. The molecule has 1 spiro atoms. The van der Waals surface area contributed by atoms with Crippen molar-refractivity contribution < 1.29 is 9.47 Å². The first-order chi connectivity index (χ1) is 5.85. The molecule has 0 radical (unpaired) electrons. The molecule has 0 saturated carbocycles. The van der Waals surface area contributed by atoms with E-state index in [1.54, 1.807) is 0 Å². The van der Waals surface area contributed by atoms with Crippen molar-refractivity contribution in [1.29, 1.82) is 0 Å². The van der Waals surface area contributed by atoms with E-state index in [0.717, 1.165) is 45.6 Å². The van der Waals surface area contributed by atoms with Crippen molar-refractivity contribution in [3.05, 3.63) is 0 Å². The molecule has 0 aromatic rings. The molecule has 0 aliphatic carbocycles. The molecule has 12 heavy (non-hydrogen) atoms. The zero-order valence-electron chi connectivity index (χ0n) is 7.42. The van der Waals surface area contributed by atoms with Crippen LogP contribution in [0.5, 0.6) is 0 Å². The zero-order valence-corrected chi connectivity index (χ0v) is 7.42.